The Morgan fingerprint density at radius 2 is 1.81 bits per heavy atom. The molecule has 0 radical (unpaired) electrons. The summed E-state index contributed by atoms with van der Waals surface area (Å²) in [5.41, 5.74) is 1.21. The first-order valence-corrected chi connectivity index (χ1v) is 11.9. The van der Waals surface area contributed by atoms with Crippen LogP contribution < -0.4 is 14.8 Å². The number of nitrogens with zero attached hydrogens (tertiary/aromatic N) is 2. The quantitative estimate of drug-likeness (QED) is 0.696. The van der Waals surface area contributed by atoms with Gasteiger partial charge >= 0.3 is 0 Å². The molecule has 2 aromatic rings. The number of likely N-dealkylation sites (N-methyl/N-ethyl adjacent to an activating group) is 1. The van der Waals surface area contributed by atoms with Gasteiger partial charge in [0, 0.05) is 51.8 Å². The Hall–Kier alpha value is -3.59. The van der Waals surface area contributed by atoms with Crippen LogP contribution >= 0.6 is 0 Å². The number of hydrogen-bond acceptors (Lipinski definition) is 6. The van der Waals surface area contributed by atoms with E-state index in [4.69, 9.17) is 14.2 Å². The number of nitrogens with one attached hydrogen (secondary N) is 1. The number of rotatable bonds is 4. The third-order valence-electron chi connectivity index (χ3n) is 6.46. The van der Waals surface area contributed by atoms with Gasteiger partial charge in [-0.15, -0.1) is 0 Å². The van der Waals surface area contributed by atoms with Crippen LogP contribution in [0.25, 0.3) is 0 Å². The van der Waals surface area contributed by atoms with Crippen molar-refractivity contribution >= 4 is 23.4 Å². The first kappa shape index (κ1) is 27.0. The van der Waals surface area contributed by atoms with Gasteiger partial charge in [0.05, 0.1) is 30.4 Å². The van der Waals surface area contributed by atoms with Crippen molar-refractivity contribution in [3.05, 3.63) is 53.6 Å². The summed E-state index contributed by atoms with van der Waals surface area (Å²) in [6, 6.07) is 11.6. The van der Waals surface area contributed by atoms with E-state index >= 15 is 0 Å². The van der Waals surface area contributed by atoms with Gasteiger partial charge in [0.2, 0.25) is 5.91 Å². The SMILES string of the molecule is COc1ccccc1C(=O)Nc1ccc2c(c1)OC[C@H](C)N(C(C)=O)C[C@H](C)[C@@H](OC)CN(C)C2=O. The molecule has 1 aliphatic heterocycles. The van der Waals surface area contributed by atoms with E-state index in [1.54, 1.807) is 66.4 Å². The van der Waals surface area contributed by atoms with Crippen LogP contribution in [-0.4, -0.2) is 80.6 Å². The van der Waals surface area contributed by atoms with Gasteiger partial charge in [-0.3, -0.25) is 14.4 Å². The van der Waals surface area contributed by atoms with E-state index in [2.05, 4.69) is 5.32 Å². The maximum Gasteiger partial charge on any atom is 0.259 e. The van der Waals surface area contributed by atoms with Crippen LogP contribution in [0, 0.1) is 5.92 Å². The number of benzene rings is 2. The summed E-state index contributed by atoms with van der Waals surface area (Å²) in [6.07, 6.45) is -0.254. The van der Waals surface area contributed by atoms with E-state index in [1.165, 1.54) is 14.0 Å². The number of para-hydroxylation sites is 1. The molecule has 0 saturated carbocycles. The van der Waals surface area contributed by atoms with E-state index < -0.39 is 0 Å². The molecule has 3 atom stereocenters. The van der Waals surface area contributed by atoms with E-state index in [0.717, 1.165) is 0 Å². The van der Waals surface area contributed by atoms with Gasteiger partial charge in [-0.1, -0.05) is 19.1 Å². The number of carbonyl (C=O) groups excluding carboxylic acids is 3. The fourth-order valence-electron chi connectivity index (χ4n) is 4.32. The first-order valence-electron chi connectivity index (χ1n) is 11.9. The summed E-state index contributed by atoms with van der Waals surface area (Å²) >= 11 is 0. The smallest absolute Gasteiger partial charge is 0.259 e. The average molecular weight is 498 g/mol. The highest BCUT2D eigenvalue weighted by molar-refractivity contribution is 6.06. The number of methoxy groups -OCH3 is 2. The van der Waals surface area contributed by atoms with Gasteiger partial charge in [-0.2, -0.15) is 0 Å². The lowest BCUT2D eigenvalue weighted by Gasteiger charge is -2.35. The molecular weight excluding hydrogens is 462 g/mol. The molecule has 1 N–H and O–H groups in total. The zero-order valence-corrected chi connectivity index (χ0v) is 21.7. The van der Waals surface area contributed by atoms with Crippen molar-refractivity contribution in [2.24, 2.45) is 5.92 Å². The standard InChI is InChI=1S/C27H35N3O6/c1-17-14-30(19(3)31)18(2)16-36-24-13-20(28-26(32)21-9-7-8-10-23(21)34-5)11-12-22(24)27(33)29(4)15-25(17)35-6/h7-13,17-18,25H,14-16H2,1-6H3,(H,28,32)/t17-,18-,25-/m0/s1. The highest BCUT2D eigenvalue weighted by Gasteiger charge is 2.29. The Morgan fingerprint density at radius 1 is 1.08 bits per heavy atom. The molecule has 0 bridgehead atoms. The predicted octanol–water partition coefficient (Wildman–Crippen LogP) is 3.30. The molecular formula is C27H35N3O6. The normalized spacial score (nSPS) is 20.9. The van der Waals surface area contributed by atoms with Crippen molar-refractivity contribution in [3.8, 4) is 11.5 Å². The molecule has 3 rings (SSSR count). The van der Waals surface area contributed by atoms with Crippen LogP contribution in [0.3, 0.4) is 0 Å². The summed E-state index contributed by atoms with van der Waals surface area (Å²) in [5, 5.41) is 2.85. The number of anilines is 1. The highest BCUT2D eigenvalue weighted by Crippen LogP contribution is 2.28. The minimum absolute atomic E-state index is 0.00284. The van der Waals surface area contributed by atoms with E-state index in [1.807, 2.05) is 13.8 Å². The Kier molecular flexibility index (Phi) is 8.93. The molecule has 0 saturated heterocycles. The second-order valence-electron chi connectivity index (χ2n) is 9.13. The summed E-state index contributed by atoms with van der Waals surface area (Å²) in [7, 11) is 4.82. The monoisotopic (exact) mass is 497 g/mol. The van der Waals surface area contributed by atoms with Gasteiger partial charge in [-0.05, 0) is 31.2 Å². The van der Waals surface area contributed by atoms with Gasteiger partial charge in [-0.25, -0.2) is 0 Å². The topological polar surface area (TPSA) is 97.4 Å². The lowest BCUT2D eigenvalue weighted by Crippen LogP contribution is -2.48. The predicted molar refractivity (Wildman–Crippen MR) is 137 cm³/mol. The fraction of sp³-hybridized carbons (Fsp3) is 0.444. The average Bonchev–Trinajstić information content (AvgIpc) is 2.87. The molecule has 0 aliphatic carbocycles. The van der Waals surface area contributed by atoms with Crippen molar-refractivity contribution in [1.82, 2.24) is 9.80 Å². The maximum atomic E-state index is 13.3. The summed E-state index contributed by atoms with van der Waals surface area (Å²) < 4.78 is 17.1. The summed E-state index contributed by atoms with van der Waals surface area (Å²) in [5.74, 6) is 0.142. The van der Waals surface area contributed by atoms with E-state index in [-0.39, 0.29) is 42.4 Å². The largest absolute Gasteiger partial charge is 0.496 e. The van der Waals surface area contributed by atoms with E-state index in [0.29, 0.717) is 41.4 Å². The third kappa shape index (κ3) is 6.15. The lowest BCUT2D eigenvalue weighted by molar-refractivity contribution is -0.133. The lowest BCUT2D eigenvalue weighted by atomic mass is 10.0. The van der Waals surface area contributed by atoms with Gasteiger partial charge in [0.15, 0.2) is 0 Å². The van der Waals surface area contributed by atoms with Crippen molar-refractivity contribution in [2.45, 2.75) is 32.9 Å². The van der Waals surface area contributed by atoms with Gasteiger partial charge in [0.25, 0.3) is 11.8 Å². The summed E-state index contributed by atoms with van der Waals surface area (Å²) in [6.45, 7) is 6.45. The Morgan fingerprint density at radius 3 is 2.47 bits per heavy atom. The van der Waals surface area contributed by atoms with Crippen LogP contribution in [0.1, 0.15) is 41.5 Å². The Balaban J connectivity index is 1.95. The van der Waals surface area contributed by atoms with Gasteiger partial charge in [0.1, 0.15) is 18.1 Å². The minimum atomic E-state index is -0.350. The molecule has 0 aromatic heterocycles. The zero-order chi connectivity index (χ0) is 26.4. The molecule has 0 fully saturated rings. The number of hydrogen-bond donors (Lipinski definition) is 1. The minimum Gasteiger partial charge on any atom is -0.496 e. The second kappa shape index (κ2) is 11.9. The van der Waals surface area contributed by atoms with Gasteiger partial charge < -0.3 is 29.3 Å². The molecule has 0 unspecified atom stereocenters. The van der Waals surface area contributed by atoms with E-state index in [9.17, 15) is 14.4 Å². The first-order chi connectivity index (χ1) is 17.2. The number of fused-ring (bicyclic) bond motifs is 1. The second-order valence-corrected chi connectivity index (χ2v) is 9.13. The number of carbonyl (C=O) groups is 3. The fourth-order valence-corrected chi connectivity index (χ4v) is 4.32. The van der Waals surface area contributed by atoms with Crippen LogP contribution in [0.15, 0.2) is 42.5 Å². The van der Waals surface area contributed by atoms with Crippen molar-refractivity contribution in [3.63, 3.8) is 0 Å². The third-order valence-corrected chi connectivity index (χ3v) is 6.46. The zero-order valence-electron chi connectivity index (χ0n) is 21.7. The van der Waals surface area contributed by atoms with Crippen molar-refractivity contribution < 1.29 is 28.6 Å². The molecule has 1 aliphatic rings. The number of amides is 3. The van der Waals surface area contributed by atoms with Crippen LogP contribution in [0.4, 0.5) is 5.69 Å². The van der Waals surface area contributed by atoms with Crippen LogP contribution in [0.2, 0.25) is 0 Å². The van der Waals surface area contributed by atoms with Crippen LogP contribution in [-0.2, 0) is 9.53 Å². The molecule has 36 heavy (non-hydrogen) atoms. The Bertz CT molecular complexity index is 1100. The molecule has 194 valence electrons. The molecule has 2 aromatic carbocycles. The molecule has 1 heterocycles. The molecule has 0 spiro atoms. The number of ether oxygens (including phenoxy) is 3. The van der Waals surface area contributed by atoms with Crippen molar-refractivity contribution in [2.75, 3.05) is 46.3 Å². The highest BCUT2D eigenvalue weighted by atomic mass is 16.5. The summed E-state index contributed by atoms with van der Waals surface area (Å²) in [4.78, 5) is 42.0. The molecule has 9 nitrogen and oxygen atoms in total. The maximum absolute atomic E-state index is 13.3. The Labute approximate surface area is 212 Å². The van der Waals surface area contributed by atoms with Crippen LogP contribution in [0.5, 0.6) is 11.5 Å². The molecule has 9 heteroatoms. The molecule has 3 amide bonds. The van der Waals surface area contributed by atoms with Crippen molar-refractivity contribution in [1.29, 1.82) is 0 Å².